The highest BCUT2D eigenvalue weighted by molar-refractivity contribution is 7.81. The van der Waals surface area contributed by atoms with E-state index in [-0.39, 0.29) is 0 Å². The highest BCUT2D eigenvalue weighted by Gasteiger charge is 1.93. The van der Waals surface area contributed by atoms with Gasteiger partial charge >= 0.3 is 5.97 Å². The first-order valence-electron chi connectivity index (χ1n) is 5.71. The second kappa shape index (κ2) is 10.3. The van der Waals surface area contributed by atoms with Gasteiger partial charge in [0.1, 0.15) is 0 Å². The van der Waals surface area contributed by atoms with E-state index in [0.29, 0.717) is 4.86 Å². The maximum absolute atomic E-state index is 10.4. The molecule has 0 atom stereocenters. The van der Waals surface area contributed by atoms with Gasteiger partial charge in [0.2, 0.25) is 0 Å². The molecule has 102 valence electrons. The quantitative estimate of drug-likeness (QED) is 0.280. The molecule has 3 nitrogen and oxygen atoms in total. The van der Waals surface area contributed by atoms with Gasteiger partial charge in [-0.3, -0.25) is 4.89 Å². The molecule has 0 amide bonds. The average molecular weight is 302 g/mol. The van der Waals surface area contributed by atoms with E-state index in [1.165, 1.54) is 0 Å². The summed E-state index contributed by atoms with van der Waals surface area (Å²) in [6, 6.07) is 9.39. The summed E-state index contributed by atoms with van der Waals surface area (Å²) in [5, 5.41) is 7.90. The van der Waals surface area contributed by atoms with Gasteiger partial charge < -0.3 is 0 Å². The first-order valence-corrected chi connectivity index (χ1v) is 6.11. The number of thiocarbonyl (C=S) groups is 1. The molecule has 0 fully saturated rings. The maximum atomic E-state index is 10.4. The minimum Gasteiger partial charge on any atom is -0.286 e. The standard InChI is InChI=1S/C18H6O3S/c19-18(21-20)15-11-6-4-2-1-3-5-10-14-17(22)16-12-8-7-9-13-16/h7-9,12-13,20H. The monoisotopic (exact) mass is 302 g/mol. The molecule has 0 saturated carbocycles. The summed E-state index contributed by atoms with van der Waals surface area (Å²) in [5.41, 5.74) is 0.865. The minimum absolute atomic E-state index is 0.508. The molecule has 0 aliphatic rings. The van der Waals surface area contributed by atoms with Crippen LogP contribution in [0.2, 0.25) is 0 Å². The lowest BCUT2D eigenvalue weighted by Gasteiger charge is -1.92. The molecule has 0 aromatic heterocycles. The highest BCUT2D eigenvalue weighted by Crippen LogP contribution is 1.99. The third-order valence-electron chi connectivity index (χ3n) is 1.90. The van der Waals surface area contributed by atoms with Gasteiger partial charge in [-0.2, -0.15) is 5.26 Å². The van der Waals surface area contributed by atoms with E-state index in [1.807, 2.05) is 36.3 Å². The number of carbonyl (C=O) groups excluding carboxylic acids is 1. The van der Waals surface area contributed by atoms with Crippen LogP contribution in [0.4, 0.5) is 0 Å². The Bertz CT molecular complexity index is 872. The molecule has 0 spiro atoms. The van der Waals surface area contributed by atoms with Crippen LogP contribution in [-0.2, 0) is 9.68 Å². The largest absolute Gasteiger partial charge is 0.417 e. The normalized spacial score (nSPS) is 6.77. The Labute approximate surface area is 133 Å². The molecule has 0 unspecified atom stereocenters. The van der Waals surface area contributed by atoms with Gasteiger partial charge in [-0.05, 0) is 53.3 Å². The van der Waals surface area contributed by atoms with E-state index >= 15 is 0 Å². The van der Waals surface area contributed by atoms with Crippen molar-refractivity contribution in [3.8, 4) is 59.2 Å². The molecule has 1 rings (SSSR count). The molecular formula is C18H6O3S. The fourth-order valence-electron chi connectivity index (χ4n) is 1.04. The molecule has 1 N–H and O–H groups in total. The van der Waals surface area contributed by atoms with Crippen molar-refractivity contribution in [1.82, 2.24) is 0 Å². The van der Waals surface area contributed by atoms with E-state index in [2.05, 4.69) is 58.2 Å². The average Bonchev–Trinajstić information content (AvgIpc) is 2.56. The minimum atomic E-state index is -1.09. The zero-order valence-corrected chi connectivity index (χ0v) is 11.9. The van der Waals surface area contributed by atoms with Crippen LogP contribution < -0.4 is 0 Å². The predicted octanol–water partition coefficient (Wildman–Crippen LogP) is 1.44. The number of rotatable bonds is 1. The topological polar surface area (TPSA) is 46.5 Å². The third-order valence-corrected chi connectivity index (χ3v) is 2.23. The summed E-state index contributed by atoms with van der Waals surface area (Å²) < 4.78 is 0. The Hall–Kier alpha value is -3.46. The molecular weight excluding hydrogens is 296 g/mol. The molecule has 0 heterocycles. The van der Waals surface area contributed by atoms with Gasteiger partial charge in [-0.25, -0.2) is 4.79 Å². The molecule has 0 saturated heterocycles. The van der Waals surface area contributed by atoms with E-state index in [1.54, 1.807) is 0 Å². The predicted molar refractivity (Wildman–Crippen MR) is 85.7 cm³/mol. The lowest BCUT2D eigenvalue weighted by molar-refractivity contribution is -0.226. The van der Waals surface area contributed by atoms with Gasteiger partial charge in [-0.15, -0.1) is 0 Å². The molecule has 0 aliphatic heterocycles. The number of hydrogen-bond donors (Lipinski definition) is 1. The Morgan fingerprint density at radius 1 is 0.864 bits per heavy atom. The summed E-state index contributed by atoms with van der Waals surface area (Å²) in [6.07, 6.45) is 0. The Kier molecular flexibility index (Phi) is 7.80. The molecule has 0 bridgehead atoms. The molecule has 4 heteroatoms. The Balaban J connectivity index is 2.54. The fourth-order valence-corrected chi connectivity index (χ4v) is 1.23. The van der Waals surface area contributed by atoms with Crippen molar-refractivity contribution in [1.29, 1.82) is 0 Å². The fraction of sp³-hybridized carbons (Fsp3) is 0. The van der Waals surface area contributed by atoms with Gasteiger partial charge in [-0.1, -0.05) is 42.5 Å². The van der Waals surface area contributed by atoms with Crippen LogP contribution in [0, 0.1) is 59.2 Å². The van der Waals surface area contributed by atoms with Crippen LogP contribution in [0.5, 0.6) is 0 Å². The number of carbonyl (C=O) groups is 1. The second-order valence-corrected chi connectivity index (χ2v) is 3.73. The molecule has 0 radical (unpaired) electrons. The SMILES string of the molecule is O=C(C#CC#CC#CC#CC#CC(=S)c1ccccc1)OO. The van der Waals surface area contributed by atoms with E-state index < -0.39 is 5.97 Å². The third kappa shape index (κ3) is 7.21. The van der Waals surface area contributed by atoms with Gasteiger partial charge in [0, 0.05) is 11.5 Å². The van der Waals surface area contributed by atoms with E-state index in [9.17, 15) is 4.79 Å². The zero-order valence-electron chi connectivity index (χ0n) is 11.1. The van der Waals surface area contributed by atoms with Crippen LogP contribution in [0.25, 0.3) is 0 Å². The van der Waals surface area contributed by atoms with Crippen molar-refractivity contribution in [3.63, 3.8) is 0 Å². The van der Waals surface area contributed by atoms with Gasteiger partial charge in [0.05, 0.1) is 4.86 Å². The number of benzene rings is 1. The summed E-state index contributed by atoms with van der Waals surface area (Å²) in [6.45, 7) is 0. The van der Waals surface area contributed by atoms with Crippen LogP contribution in [-0.4, -0.2) is 16.1 Å². The molecule has 22 heavy (non-hydrogen) atoms. The Morgan fingerprint density at radius 3 is 1.91 bits per heavy atom. The second-order valence-electron chi connectivity index (χ2n) is 3.32. The van der Waals surface area contributed by atoms with Crippen LogP contribution >= 0.6 is 12.2 Å². The van der Waals surface area contributed by atoms with Crippen LogP contribution in [0.15, 0.2) is 30.3 Å². The number of hydrogen-bond acceptors (Lipinski definition) is 4. The summed E-state index contributed by atoms with van der Waals surface area (Å²) in [4.78, 5) is 14.2. The summed E-state index contributed by atoms with van der Waals surface area (Å²) in [5.74, 6) is 22.7. The van der Waals surface area contributed by atoms with Gasteiger partial charge in [0.25, 0.3) is 0 Å². The van der Waals surface area contributed by atoms with Crippen molar-refractivity contribution >= 4 is 23.1 Å². The highest BCUT2D eigenvalue weighted by atomic mass is 32.1. The van der Waals surface area contributed by atoms with Crippen molar-refractivity contribution in [2.75, 3.05) is 0 Å². The summed E-state index contributed by atoms with van der Waals surface area (Å²) in [7, 11) is 0. The lowest BCUT2D eigenvalue weighted by atomic mass is 10.1. The smallest absolute Gasteiger partial charge is 0.286 e. The van der Waals surface area contributed by atoms with Crippen LogP contribution in [0.3, 0.4) is 0 Å². The van der Waals surface area contributed by atoms with Crippen LogP contribution in [0.1, 0.15) is 5.56 Å². The first kappa shape index (κ1) is 16.6. The van der Waals surface area contributed by atoms with Crippen molar-refractivity contribution in [2.24, 2.45) is 0 Å². The first-order chi connectivity index (χ1) is 10.7. The summed E-state index contributed by atoms with van der Waals surface area (Å²) >= 11 is 5.13. The lowest BCUT2D eigenvalue weighted by Crippen LogP contribution is -1.94. The van der Waals surface area contributed by atoms with Crippen molar-refractivity contribution < 1.29 is 14.9 Å². The molecule has 1 aromatic rings. The van der Waals surface area contributed by atoms with Gasteiger partial charge in [0.15, 0.2) is 0 Å². The van der Waals surface area contributed by atoms with E-state index in [4.69, 9.17) is 17.5 Å². The molecule has 0 aliphatic carbocycles. The van der Waals surface area contributed by atoms with Crippen molar-refractivity contribution in [2.45, 2.75) is 0 Å². The maximum Gasteiger partial charge on any atom is 0.417 e. The van der Waals surface area contributed by atoms with Crippen molar-refractivity contribution in [3.05, 3.63) is 35.9 Å². The zero-order chi connectivity index (χ0) is 16.0. The van der Waals surface area contributed by atoms with E-state index in [0.717, 1.165) is 5.56 Å². The Morgan fingerprint density at radius 2 is 1.36 bits per heavy atom. The molecule has 1 aromatic carbocycles.